The van der Waals surface area contributed by atoms with E-state index in [1.165, 1.54) is 6.42 Å². The van der Waals surface area contributed by atoms with Crippen molar-refractivity contribution in [2.75, 3.05) is 29.9 Å². The van der Waals surface area contributed by atoms with Crippen molar-refractivity contribution in [1.82, 2.24) is 9.97 Å². The van der Waals surface area contributed by atoms with Crippen LogP contribution in [0, 0.1) is 11.8 Å². The molecule has 1 aliphatic rings. The van der Waals surface area contributed by atoms with Crippen LogP contribution in [0.5, 0.6) is 0 Å². The number of anilines is 2. The summed E-state index contributed by atoms with van der Waals surface area (Å²) in [6.07, 6.45) is 4.05. The molecule has 19 heavy (non-hydrogen) atoms. The molecular weight excluding hydrogens is 304 g/mol. The SMILES string of the molecule is CCCNc1ncnc(N2CC(C)CC(C)C2)c1Br. The van der Waals surface area contributed by atoms with Crippen LogP contribution in [0.3, 0.4) is 0 Å². The Morgan fingerprint density at radius 3 is 2.63 bits per heavy atom. The summed E-state index contributed by atoms with van der Waals surface area (Å²) in [7, 11) is 0. The molecular formula is C14H23BrN4. The Labute approximate surface area is 124 Å². The van der Waals surface area contributed by atoms with E-state index in [1.807, 2.05) is 0 Å². The molecule has 2 unspecified atom stereocenters. The summed E-state index contributed by atoms with van der Waals surface area (Å²) >= 11 is 3.66. The van der Waals surface area contributed by atoms with Crippen molar-refractivity contribution in [1.29, 1.82) is 0 Å². The van der Waals surface area contributed by atoms with Crippen LogP contribution in [0.15, 0.2) is 10.8 Å². The second kappa shape index (κ2) is 6.55. The van der Waals surface area contributed by atoms with Crippen LogP contribution < -0.4 is 10.2 Å². The largest absolute Gasteiger partial charge is 0.369 e. The highest BCUT2D eigenvalue weighted by Crippen LogP contribution is 2.33. The molecule has 0 amide bonds. The molecule has 1 aromatic heterocycles. The van der Waals surface area contributed by atoms with Crippen molar-refractivity contribution >= 4 is 27.6 Å². The minimum atomic E-state index is 0.720. The molecule has 106 valence electrons. The van der Waals surface area contributed by atoms with Gasteiger partial charge in [0.25, 0.3) is 0 Å². The average molecular weight is 327 g/mol. The predicted molar refractivity (Wildman–Crippen MR) is 83.7 cm³/mol. The van der Waals surface area contributed by atoms with Crippen molar-refractivity contribution in [2.45, 2.75) is 33.6 Å². The number of hydrogen-bond acceptors (Lipinski definition) is 4. The number of halogens is 1. The van der Waals surface area contributed by atoms with Crippen molar-refractivity contribution in [3.05, 3.63) is 10.8 Å². The maximum absolute atomic E-state index is 4.47. The first kappa shape index (κ1) is 14.6. The molecule has 0 saturated carbocycles. The zero-order valence-corrected chi connectivity index (χ0v) is 13.6. The summed E-state index contributed by atoms with van der Waals surface area (Å²) in [5.41, 5.74) is 0. The van der Waals surface area contributed by atoms with Gasteiger partial charge in [0.15, 0.2) is 0 Å². The maximum Gasteiger partial charge on any atom is 0.148 e. The van der Waals surface area contributed by atoms with Gasteiger partial charge in [0.1, 0.15) is 22.4 Å². The monoisotopic (exact) mass is 326 g/mol. The van der Waals surface area contributed by atoms with Gasteiger partial charge < -0.3 is 10.2 Å². The Hall–Kier alpha value is -0.840. The lowest BCUT2D eigenvalue weighted by Gasteiger charge is -2.36. The molecule has 1 saturated heterocycles. The van der Waals surface area contributed by atoms with Gasteiger partial charge in [-0.15, -0.1) is 0 Å². The minimum absolute atomic E-state index is 0.720. The molecule has 0 aliphatic carbocycles. The molecule has 0 aromatic carbocycles. The number of aromatic nitrogens is 2. The molecule has 1 N–H and O–H groups in total. The van der Waals surface area contributed by atoms with E-state index in [0.29, 0.717) is 0 Å². The molecule has 5 heteroatoms. The van der Waals surface area contributed by atoms with Crippen LogP contribution in [-0.4, -0.2) is 29.6 Å². The molecule has 0 spiro atoms. The number of nitrogens with one attached hydrogen (secondary N) is 1. The predicted octanol–water partition coefficient (Wildman–Crippen LogP) is 3.54. The molecule has 1 fully saturated rings. The van der Waals surface area contributed by atoms with E-state index < -0.39 is 0 Å². The van der Waals surface area contributed by atoms with Crippen LogP contribution in [0.25, 0.3) is 0 Å². The molecule has 0 bridgehead atoms. The summed E-state index contributed by atoms with van der Waals surface area (Å²) in [5.74, 6) is 3.36. The van der Waals surface area contributed by atoms with Gasteiger partial charge in [0.2, 0.25) is 0 Å². The molecule has 1 aliphatic heterocycles. The van der Waals surface area contributed by atoms with Gasteiger partial charge in [-0.1, -0.05) is 20.8 Å². The first-order chi connectivity index (χ1) is 9.11. The highest BCUT2D eigenvalue weighted by atomic mass is 79.9. The fourth-order valence-electron chi connectivity index (χ4n) is 2.78. The summed E-state index contributed by atoms with van der Waals surface area (Å²) in [6, 6.07) is 0. The Kier molecular flexibility index (Phi) is 5.02. The zero-order valence-electron chi connectivity index (χ0n) is 12.0. The van der Waals surface area contributed by atoms with E-state index >= 15 is 0 Å². The summed E-state index contributed by atoms with van der Waals surface area (Å²) in [4.78, 5) is 11.2. The van der Waals surface area contributed by atoms with Gasteiger partial charge in [-0.05, 0) is 40.6 Å². The summed E-state index contributed by atoms with van der Waals surface area (Å²) < 4.78 is 0.991. The van der Waals surface area contributed by atoms with E-state index in [4.69, 9.17) is 0 Å². The third-order valence-corrected chi connectivity index (χ3v) is 4.21. The van der Waals surface area contributed by atoms with Gasteiger partial charge in [0, 0.05) is 19.6 Å². The van der Waals surface area contributed by atoms with Crippen LogP contribution >= 0.6 is 15.9 Å². The lowest BCUT2D eigenvalue weighted by atomic mass is 9.92. The van der Waals surface area contributed by atoms with Crippen molar-refractivity contribution in [2.24, 2.45) is 11.8 Å². The van der Waals surface area contributed by atoms with Crippen molar-refractivity contribution in [3.8, 4) is 0 Å². The maximum atomic E-state index is 4.47. The molecule has 2 rings (SSSR count). The number of piperidine rings is 1. The Balaban J connectivity index is 2.19. The van der Waals surface area contributed by atoms with Crippen LogP contribution in [0.4, 0.5) is 11.6 Å². The standard InChI is InChI=1S/C14H23BrN4/c1-4-5-16-13-12(15)14(18-9-17-13)19-7-10(2)6-11(3)8-19/h9-11H,4-8H2,1-3H3,(H,16,17,18). The summed E-state index contributed by atoms with van der Waals surface area (Å²) in [5, 5.41) is 3.34. The molecule has 4 nitrogen and oxygen atoms in total. The number of rotatable bonds is 4. The van der Waals surface area contributed by atoms with Crippen LogP contribution in [-0.2, 0) is 0 Å². The molecule has 2 heterocycles. The smallest absolute Gasteiger partial charge is 0.148 e. The zero-order chi connectivity index (χ0) is 13.8. The fraction of sp³-hybridized carbons (Fsp3) is 0.714. The van der Waals surface area contributed by atoms with Gasteiger partial charge in [-0.2, -0.15) is 0 Å². The third kappa shape index (κ3) is 3.59. The van der Waals surface area contributed by atoms with Crippen molar-refractivity contribution < 1.29 is 0 Å². The normalized spacial score (nSPS) is 23.5. The van der Waals surface area contributed by atoms with Gasteiger partial charge in [0.05, 0.1) is 0 Å². The highest BCUT2D eigenvalue weighted by Gasteiger charge is 2.25. The second-order valence-corrected chi connectivity index (χ2v) is 6.43. The lowest BCUT2D eigenvalue weighted by Crippen LogP contribution is -2.39. The quantitative estimate of drug-likeness (QED) is 0.918. The van der Waals surface area contributed by atoms with E-state index in [9.17, 15) is 0 Å². The summed E-state index contributed by atoms with van der Waals surface area (Å²) in [6.45, 7) is 9.86. The molecule has 0 radical (unpaired) electrons. The highest BCUT2D eigenvalue weighted by molar-refractivity contribution is 9.10. The van der Waals surface area contributed by atoms with E-state index in [2.05, 4.69) is 56.9 Å². The average Bonchev–Trinajstić information content (AvgIpc) is 2.36. The van der Waals surface area contributed by atoms with E-state index in [-0.39, 0.29) is 0 Å². The molecule has 1 aromatic rings. The first-order valence-corrected chi connectivity index (χ1v) is 7.90. The van der Waals surface area contributed by atoms with Gasteiger partial charge >= 0.3 is 0 Å². The molecule has 2 atom stereocenters. The first-order valence-electron chi connectivity index (χ1n) is 7.11. The minimum Gasteiger partial charge on any atom is -0.369 e. The van der Waals surface area contributed by atoms with Crippen LogP contribution in [0.2, 0.25) is 0 Å². The fourth-order valence-corrected chi connectivity index (χ4v) is 3.38. The Morgan fingerprint density at radius 1 is 1.32 bits per heavy atom. The van der Waals surface area contributed by atoms with E-state index in [1.54, 1.807) is 6.33 Å². The number of hydrogen-bond donors (Lipinski definition) is 1. The third-order valence-electron chi connectivity index (χ3n) is 3.48. The topological polar surface area (TPSA) is 41.1 Å². The van der Waals surface area contributed by atoms with Gasteiger partial charge in [-0.25, -0.2) is 9.97 Å². The lowest BCUT2D eigenvalue weighted by molar-refractivity contribution is 0.355. The number of nitrogens with zero attached hydrogens (tertiary/aromatic N) is 3. The van der Waals surface area contributed by atoms with Crippen molar-refractivity contribution in [3.63, 3.8) is 0 Å². The van der Waals surface area contributed by atoms with E-state index in [0.717, 1.165) is 54.0 Å². The Morgan fingerprint density at radius 2 is 2.00 bits per heavy atom. The van der Waals surface area contributed by atoms with Crippen LogP contribution in [0.1, 0.15) is 33.6 Å². The second-order valence-electron chi connectivity index (χ2n) is 5.64. The van der Waals surface area contributed by atoms with Gasteiger partial charge in [-0.3, -0.25) is 0 Å². The Bertz CT molecular complexity index is 414.